The van der Waals surface area contributed by atoms with E-state index in [1.54, 1.807) is 0 Å². The Morgan fingerprint density at radius 3 is 2.79 bits per heavy atom. The maximum absolute atomic E-state index is 5.48. The summed E-state index contributed by atoms with van der Waals surface area (Å²) in [5, 5.41) is 3.43. The number of nitrogens with one attached hydrogen (secondary N) is 1. The third kappa shape index (κ3) is 10.3. The highest BCUT2D eigenvalue weighted by molar-refractivity contribution is 6.17. The number of alkyl halides is 1. The SMILES string of the molecule is CCCC(C)CNCCCOCCCl. The Balaban J connectivity index is 2.98. The van der Waals surface area contributed by atoms with Gasteiger partial charge in [-0.05, 0) is 31.8 Å². The van der Waals surface area contributed by atoms with E-state index in [-0.39, 0.29) is 0 Å². The van der Waals surface area contributed by atoms with Crippen LogP contribution in [-0.4, -0.2) is 32.2 Å². The Hall–Kier alpha value is 0.210. The molecule has 0 spiro atoms. The molecule has 0 aromatic rings. The molecule has 0 saturated carbocycles. The summed E-state index contributed by atoms with van der Waals surface area (Å²) in [7, 11) is 0. The van der Waals surface area contributed by atoms with Gasteiger partial charge in [0.15, 0.2) is 0 Å². The zero-order valence-corrected chi connectivity index (χ0v) is 10.3. The second-order valence-corrected chi connectivity index (χ2v) is 4.13. The van der Waals surface area contributed by atoms with Crippen LogP contribution in [0.15, 0.2) is 0 Å². The van der Waals surface area contributed by atoms with Crippen LogP contribution >= 0.6 is 11.6 Å². The number of rotatable bonds is 10. The van der Waals surface area contributed by atoms with E-state index in [1.807, 2.05) is 0 Å². The van der Waals surface area contributed by atoms with Crippen molar-refractivity contribution in [2.45, 2.75) is 33.1 Å². The summed E-state index contributed by atoms with van der Waals surface area (Å²) in [4.78, 5) is 0. The van der Waals surface area contributed by atoms with Gasteiger partial charge in [-0.2, -0.15) is 0 Å². The Kier molecular flexibility index (Phi) is 11.5. The van der Waals surface area contributed by atoms with E-state index in [0.717, 1.165) is 32.0 Å². The molecule has 0 aliphatic carbocycles. The quantitative estimate of drug-likeness (QED) is 0.453. The van der Waals surface area contributed by atoms with Crippen LogP contribution in [0.5, 0.6) is 0 Å². The predicted molar refractivity (Wildman–Crippen MR) is 63.1 cm³/mol. The third-order valence-electron chi connectivity index (χ3n) is 2.14. The molecule has 86 valence electrons. The Bertz CT molecular complexity index is 111. The minimum atomic E-state index is 0.598. The molecule has 0 aromatic heterocycles. The summed E-state index contributed by atoms with van der Waals surface area (Å²) in [6.45, 7) is 8.20. The molecule has 0 heterocycles. The van der Waals surface area contributed by atoms with Gasteiger partial charge in [0.2, 0.25) is 0 Å². The highest BCUT2D eigenvalue weighted by Crippen LogP contribution is 2.02. The van der Waals surface area contributed by atoms with Gasteiger partial charge in [-0.15, -0.1) is 11.6 Å². The van der Waals surface area contributed by atoms with Crippen LogP contribution in [0.4, 0.5) is 0 Å². The van der Waals surface area contributed by atoms with Crippen molar-refractivity contribution < 1.29 is 4.74 Å². The molecule has 0 bridgehead atoms. The zero-order chi connectivity index (χ0) is 10.6. The van der Waals surface area contributed by atoms with E-state index in [0.29, 0.717) is 12.5 Å². The fourth-order valence-electron chi connectivity index (χ4n) is 1.40. The number of hydrogen-bond donors (Lipinski definition) is 1. The summed E-state index contributed by atoms with van der Waals surface area (Å²) in [6, 6.07) is 0. The van der Waals surface area contributed by atoms with Gasteiger partial charge in [-0.3, -0.25) is 0 Å². The second-order valence-electron chi connectivity index (χ2n) is 3.75. The predicted octanol–water partition coefficient (Wildman–Crippen LogP) is 2.66. The lowest BCUT2D eigenvalue weighted by Crippen LogP contribution is -2.23. The van der Waals surface area contributed by atoms with Gasteiger partial charge in [0.05, 0.1) is 6.61 Å². The Labute approximate surface area is 93.4 Å². The normalized spacial score (nSPS) is 13.1. The van der Waals surface area contributed by atoms with Crippen molar-refractivity contribution in [3.8, 4) is 0 Å². The molecule has 2 nitrogen and oxygen atoms in total. The fraction of sp³-hybridized carbons (Fsp3) is 1.00. The summed E-state index contributed by atoms with van der Waals surface area (Å²) in [5.74, 6) is 1.39. The van der Waals surface area contributed by atoms with E-state index in [2.05, 4.69) is 19.2 Å². The van der Waals surface area contributed by atoms with Crippen LogP contribution < -0.4 is 5.32 Å². The summed E-state index contributed by atoms with van der Waals surface area (Å²) >= 11 is 5.48. The topological polar surface area (TPSA) is 21.3 Å². The van der Waals surface area contributed by atoms with Crippen molar-refractivity contribution in [2.24, 2.45) is 5.92 Å². The lowest BCUT2D eigenvalue weighted by Gasteiger charge is -2.11. The molecule has 1 unspecified atom stereocenters. The van der Waals surface area contributed by atoms with Gasteiger partial charge in [0.25, 0.3) is 0 Å². The van der Waals surface area contributed by atoms with Crippen LogP contribution in [0, 0.1) is 5.92 Å². The fourth-order valence-corrected chi connectivity index (χ4v) is 1.51. The van der Waals surface area contributed by atoms with Crippen LogP contribution in [0.2, 0.25) is 0 Å². The van der Waals surface area contributed by atoms with Crippen LogP contribution in [0.3, 0.4) is 0 Å². The van der Waals surface area contributed by atoms with E-state index >= 15 is 0 Å². The van der Waals surface area contributed by atoms with E-state index < -0.39 is 0 Å². The minimum absolute atomic E-state index is 0.598. The van der Waals surface area contributed by atoms with Crippen molar-refractivity contribution in [1.29, 1.82) is 0 Å². The van der Waals surface area contributed by atoms with Crippen LogP contribution in [0.25, 0.3) is 0 Å². The van der Waals surface area contributed by atoms with Gasteiger partial charge < -0.3 is 10.1 Å². The zero-order valence-electron chi connectivity index (χ0n) is 9.52. The van der Waals surface area contributed by atoms with Gasteiger partial charge in [0, 0.05) is 12.5 Å². The lowest BCUT2D eigenvalue weighted by atomic mass is 10.1. The summed E-state index contributed by atoms with van der Waals surface area (Å²) in [6.07, 6.45) is 3.67. The molecule has 0 radical (unpaired) electrons. The first-order valence-electron chi connectivity index (χ1n) is 5.65. The Morgan fingerprint density at radius 2 is 2.14 bits per heavy atom. The third-order valence-corrected chi connectivity index (χ3v) is 2.29. The molecule has 0 rings (SSSR count). The Morgan fingerprint density at radius 1 is 1.36 bits per heavy atom. The molecular formula is C11H24ClNO. The average Bonchev–Trinajstić information content (AvgIpc) is 2.17. The van der Waals surface area contributed by atoms with Crippen molar-refractivity contribution in [3.05, 3.63) is 0 Å². The number of hydrogen-bond acceptors (Lipinski definition) is 2. The molecule has 0 aliphatic heterocycles. The highest BCUT2D eigenvalue weighted by Gasteiger charge is 1.98. The standard InChI is InChI=1S/C11H24ClNO/c1-3-5-11(2)10-13-7-4-8-14-9-6-12/h11,13H,3-10H2,1-2H3. The molecular weight excluding hydrogens is 198 g/mol. The largest absolute Gasteiger partial charge is 0.380 e. The smallest absolute Gasteiger partial charge is 0.0601 e. The van der Waals surface area contributed by atoms with Gasteiger partial charge in [0.1, 0.15) is 0 Å². The average molecular weight is 222 g/mol. The molecule has 0 amide bonds. The number of halogens is 1. The maximum Gasteiger partial charge on any atom is 0.0601 e. The van der Waals surface area contributed by atoms with Gasteiger partial charge in [-0.1, -0.05) is 20.3 Å². The van der Waals surface area contributed by atoms with Crippen molar-refractivity contribution in [2.75, 3.05) is 32.2 Å². The maximum atomic E-state index is 5.48. The minimum Gasteiger partial charge on any atom is -0.380 e. The van der Waals surface area contributed by atoms with E-state index in [1.165, 1.54) is 12.8 Å². The van der Waals surface area contributed by atoms with E-state index in [9.17, 15) is 0 Å². The highest BCUT2D eigenvalue weighted by atomic mass is 35.5. The first-order chi connectivity index (χ1) is 6.81. The summed E-state index contributed by atoms with van der Waals surface area (Å²) < 4.78 is 5.27. The van der Waals surface area contributed by atoms with Gasteiger partial charge >= 0.3 is 0 Å². The van der Waals surface area contributed by atoms with Crippen molar-refractivity contribution >= 4 is 11.6 Å². The molecule has 0 aliphatic rings. The number of ether oxygens (including phenoxy) is 1. The van der Waals surface area contributed by atoms with Crippen molar-refractivity contribution in [3.63, 3.8) is 0 Å². The van der Waals surface area contributed by atoms with Gasteiger partial charge in [-0.25, -0.2) is 0 Å². The lowest BCUT2D eigenvalue weighted by molar-refractivity contribution is 0.146. The first kappa shape index (κ1) is 14.2. The van der Waals surface area contributed by atoms with E-state index in [4.69, 9.17) is 16.3 Å². The molecule has 0 aromatic carbocycles. The molecule has 3 heteroatoms. The van der Waals surface area contributed by atoms with Crippen LogP contribution in [0.1, 0.15) is 33.1 Å². The molecule has 0 fully saturated rings. The van der Waals surface area contributed by atoms with Crippen LogP contribution in [-0.2, 0) is 4.74 Å². The first-order valence-corrected chi connectivity index (χ1v) is 6.19. The molecule has 14 heavy (non-hydrogen) atoms. The van der Waals surface area contributed by atoms with Crippen molar-refractivity contribution in [1.82, 2.24) is 5.32 Å². The molecule has 0 saturated heterocycles. The second kappa shape index (κ2) is 11.3. The molecule has 1 atom stereocenters. The summed E-state index contributed by atoms with van der Waals surface area (Å²) in [5.41, 5.74) is 0. The monoisotopic (exact) mass is 221 g/mol. The molecule has 1 N–H and O–H groups in total.